The molecule has 0 aliphatic rings. The Labute approximate surface area is 121 Å². The van der Waals surface area contributed by atoms with E-state index in [1.807, 2.05) is 13.0 Å². The summed E-state index contributed by atoms with van der Waals surface area (Å²) in [7, 11) is 0. The van der Waals surface area contributed by atoms with Crippen molar-refractivity contribution in [2.24, 2.45) is 0 Å². The van der Waals surface area contributed by atoms with Gasteiger partial charge in [0.25, 0.3) is 0 Å². The van der Waals surface area contributed by atoms with E-state index in [4.69, 9.17) is 5.26 Å². The molecule has 0 spiro atoms. The van der Waals surface area contributed by atoms with Crippen molar-refractivity contribution in [3.63, 3.8) is 0 Å². The number of carbonyl (C=O) groups excluding carboxylic acids is 1. The van der Waals surface area contributed by atoms with Crippen LogP contribution in [-0.4, -0.2) is 11.0 Å². The van der Waals surface area contributed by atoms with E-state index in [1.165, 1.54) is 12.1 Å². The summed E-state index contributed by atoms with van der Waals surface area (Å²) < 4.78 is 13.0. The maximum Gasteiger partial charge on any atom is 0.319 e. The quantitative estimate of drug-likeness (QED) is 0.909. The number of amides is 2. The van der Waals surface area contributed by atoms with Gasteiger partial charge in [0.15, 0.2) is 0 Å². The molecular weight excluding hydrogens is 271 g/mol. The van der Waals surface area contributed by atoms with Crippen LogP contribution in [0.5, 0.6) is 0 Å². The SMILES string of the molecule is CC(NC(=O)Nc1ccc(F)cc1C#N)c1ccncc1. The van der Waals surface area contributed by atoms with Gasteiger partial charge in [-0.05, 0) is 42.8 Å². The number of benzene rings is 1. The number of anilines is 1. The molecule has 2 amide bonds. The molecule has 1 unspecified atom stereocenters. The number of rotatable bonds is 3. The lowest BCUT2D eigenvalue weighted by molar-refractivity contribution is 0.249. The van der Waals surface area contributed by atoms with Gasteiger partial charge in [-0.25, -0.2) is 9.18 Å². The van der Waals surface area contributed by atoms with Crippen LogP contribution in [0.3, 0.4) is 0 Å². The van der Waals surface area contributed by atoms with Gasteiger partial charge in [0.1, 0.15) is 11.9 Å². The summed E-state index contributed by atoms with van der Waals surface area (Å²) in [5.41, 5.74) is 1.24. The Bertz CT molecular complexity index is 682. The van der Waals surface area contributed by atoms with E-state index in [1.54, 1.807) is 24.5 Å². The van der Waals surface area contributed by atoms with E-state index in [9.17, 15) is 9.18 Å². The smallest absolute Gasteiger partial charge is 0.319 e. The Morgan fingerprint density at radius 1 is 1.33 bits per heavy atom. The third-order valence-corrected chi connectivity index (χ3v) is 2.90. The molecule has 0 aliphatic carbocycles. The molecule has 106 valence electrons. The van der Waals surface area contributed by atoms with Crippen molar-refractivity contribution < 1.29 is 9.18 Å². The molecule has 2 N–H and O–H groups in total. The van der Waals surface area contributed by atoms with Gasteiger partial charge in [0.2, 0.25) is 0 Å². The number of halogens is 1. The molecule has 6 heteroatoms. The van der Waals surface area contributed by atoms with Crippen LogP contribution in [0.2, 0.25) is 0 Å². The number of nitriles is 1. The van der Waals surface area contributed by atoms with Gasteiger partial charge < -0.3 is 10.6 Å². The summed E-state index contributed by atoms with van der Waals surface area (Å²) >= 11 is 0. The fourth-order valence-electron chi connectivity index (χ4n) is 1.81. The van der Waals surface area contributed by atoms with Gasteiger partial charge in [0, 0.05) is 12.4 Å². The number of urea groups is 1. The zero-order chi connectivity index (χ0) is 15.2. The summed E-state index contributed by atoms with van der Waals surface area (Å²) in [6.07, 6.45) is 3.28. The van der Waals surface area contributed by atoms with Crippen LogP contribution in [0, 0.1) is 17.1 Å². The number of hydrogen-bond donors (Lipinski definition) is 2. The number of nitrogens with zero attached hydrogens (tertiary/aromatic N) is 2. The molecule has 0 saturated carbocycles. The zero-order valence-corrected chi connectivity index (χ0v) is 11.3. The number of hydrogen-bond acceptors (Lipinski definition) is 3. The summed E-state index contributed by atoms with van der Waals surface area (Å²) in [6.45, 7) is 1.82. The molecule has 2 aromatic rings. The highest BCUT2D eigenvalue weighted by atomic mass is 19.1. The second kappa shape index (κ2) is 6.48. The zero-order valence-electron chi connectivity index (χ0n) is 11.3. The Morgan fingerprint density at radius 2 is 2.05 bits per heavy atom. The Hall–Kier alpha value is -2.94. The minimum atomic E-state index is -0.525. The third kappa shape index (κ3) is 3.76. The minimum Gasteiger partial charge on any atom is -0.331 e. The Balaban J connectivity index is 2.04. The lowest BCUT2D eigenvalue weighted by Crippen LogP contribution is -2.31. The number of aromatic nitrogens is 1. The van der Waals surface area contributed by atoms with Crippen LogP contribution in [0.15, 0.2) is 42.7 Å². The highest BCUT2D eigenvalue weighted by Crippen LogP contribution is 2.16. The third-order valence-electron chi connectivity index (χ3n) is 2.90. The molecule has 1 aromatic carbocycles. The van der Waals surface area contributed by atoms with E-state index in [0.717, 1.165) is 11.6 Å². The highest BCUT2D eigenvalue weighted by molar-refractivity contribution is 5.90. The summed E-state index contributed by atoms with van der Waals surface area (Å²) in [5.74, 6) is -0.525. The average molecular weight is 284 g/mol. The molecule has 0 radical (unpaired) electrons. The molecular formula is C15H13FN4O. The maximum absolute atomic E-state index is 13.0. The van der Waals surface area contributed by atoms with Crippen molar-refractivity contribution in [3.8, 4) is 6.07 Å². The summed E-state index contributed by atoms with van der Waals surface area (Å²) in [6, 6.07) is 8.34. The molecule has 21 heavy (non-hydrogen) atoms. The predicted octanol–water partition coefficient (Wildman–Crippen LogP) is 2.98. The van der Waals surface area contributed by atoms with Crippen LogP contribution in [-0.2, 0) is 0 Å². The maximum atomic E-state index is 13.0. The molecule has 0 bridgehead atoms. The van der Waals surface area contributed by atoms with Gasteiger partial charge in [0.05, 0.1) is 17.3 Å². The van der Waals surface area contributed by atoms with E-state index in [2.05, 4.69) is 15.6 Å². The van der Waals surface area contributed by atoms with Crippen LogP contribution >= 0.6 is 0 Å². The fourth-order valence-corrected chi connectivity index (χ4v) is 1.81. The molecule has 2 rings (SSSR count). The van der Waals surface area contributed by atoms with Crippen LogP contribution < -0.4 is 10.6 Å². The molecule has 1 atom stereocenters. The molecule has 0 fully saturated rings. The highest BCUT2D eigenvalue weighted by Gasteiger charge is 2.11. The lowest BCUT2D eigenvalue weighted by Gasteiger charge is -2.15. The standard InChI is InChI=1S/C15H13FN4O/c1-10(11-4-6-18-7-5-11)19-15(21)20-14-3-2-13(16)8-12(14)9-17/h2-8,10H,1H3,(H2,19,20,21). The summed E-state index contributed by atoms with van der Waals surface area (Å²) in [4.78, 5) is 15.8. The van der Waals surface area contributed by atoms with Crippen molar-refractivity contribution in [2.45, 2.75) is 13.0 Å². The predicted molar refractivity (Wildman–Crippen MR) is 75.9 cm³/mol. The second-order valence-electron chi connectivity index (χ2n) is 4.40. The van der Waals surface area contributed by atoms with Crippen molar-refractivity contribution in [1.29, 1.82) is 5.26 Å². The Kier molecular flexibility index (Phi) is 4.46. The first-order valence-electron chi connectivity index (χ1n) is 6.27. The van der Waals surface area contributed by atoms with Crippen LogP contribution in [0.25, 0.3) is 0 Å². The number of pyridine rings is 1. The first-order valence-corrected chi connectivity index (χ1v) is 6.27. The fraction of sp³-hybridized carbons (Fsp3) is 0.133. The second-order valence-corrected chi connectivity index (χ2v) is 4.40. The van der Waals surface area contributed by atoms with Gasteiger partial charge in [-0.1, -0.05) is 0 Å². The van der Waals surface area contributed by atoms with Gasteiger partial charge in [-0.3, -0.25) is 4.98 Å². The molecule has 1 aromatic heterocycles. The lowest BCUT2D eigenvalue weighted by atomic mass is 10.1. The van der Waals surface area contributed by atoms with Crippen molar-refractivity contribution in [2.75, 3.05) is 5.32 Å². The van der Waals surface area contributed by atoms with Crippen molar-refractivity contribution >= 4 is 11.7 Å². The van der Waals surface area contributed by atoms with E-state index in [-0.39, 0.29) is 17.3 Å². The van der Waals surface area contributed by atoms with E-state index in [0.29, 0.717) is 0 Å². The van der Waals surface area contributed by atoms with E-state index >= 15 is 0 Å². The normalized spacial score (nSPS) is 11.3. The van der Waals surface area contributed by atoms with Crippen molar-refractivity contribution in [3.05, 3.63) is 59.7 Å². The molecule has 0 saturated heterocycles. The van der Waals surface area contributed by atoms with Gasteiger partial charge >= 0.3 is 6.03 Å². The van der Waals surface area contributed by atoms with Crippen LogP contribution in [0.1, 0.15) is 24.1 Å². The molecule has 1 heterocycles. The number of nitrogens with one attached hydrogen (secondary N) is 2. The Morgan fingerprint density at radius 3 is 2.71 bits per heavy atom. The molecule has 5 nitrogen and oxygen atoms in total. The molecule has 0 aliphatic heterocycles. The topological polar surface area (TPSA) is 77.8 Å². The largest absolute Gasteiger partial charge is 0.331 e. The average Bonchev–Trinajstić information content (AvgIpc) is 2.49. The first kappa shape index (κ1) is 14.5. The first-order chi connectivity index (χ1) is 10.1. The minimum absolute atomic E-state index is 0.0710. The van der Waals surface area contributed by atoms with Gasteiger partial charge in [-0.15, -0.1) is 0 Å². The van der Waals surface area contributed by atoms with Gasteiger partial charge in [-0.2, -0.15) is 5.26 Å². The summed E-state index contributed by atoms with van der Waals surface area (Å²) in [5, 5.41) is 14.2. The number of carbonyl (C=O) groups is 1. The van der Waals surface area contributed by atoms with E-state index < -0.39 is 11.8 Å². The monoisotopic (exact) mass is 284 g/mol. The van der Waals surface area contributed by atoms with Crippen molar-refractivity contribution in [1.82, 2.24) is 10.3 Å². The van der Waals surface area contributed by atoms with Crippen LogP contribution in [0.4, 0.5) is 14.9 Å².